The lowest BCUT2D eigenvalue weighted by atomic mass is 9.83. The molecule has 0 heterocycles. The minimum atomic E-state index is -0.0278. The fourth-order valence-corrected chi connectivity index (χ4v) is 1.31. The highest BCUT2D eigenvalue weighted by Gasteiger charge is 2.38. The van der Waals surface area contributed by atoms with Crippen molar-refractivity contribution < 1.29 is 4.79 Å². The molecule has 1 fully saturated rings. The van der Waals surface area contributed by atoms with Gasteiger partial charge in [0.1, 0.15) is 5.78 Å². The monoisotopic (exact) mass is 126 g/mol. The lowest BCUT2D eigenvalue weighted by molar-refractivity contribution is -0.125. The molecular weight excluding hydrogens is 112 g/mol. The molecule has 0 N–H and O–H groups in total. The second kappa shape index (κ2) is 1.83. The summed E-state index contributed by atoms with van der Waals surface area (Å²) in [4.78, 5) is 11.1. The largest absolute Gasteiger partial charge is 0.299 e. The summed E-state index contributed by atoms with van der Waals surface area (Å²) >= 11 is 0. The summed E-state index contributed by atoms with van der Waals surface area (Å²) < 4.78 is 0. The van der Waals surface area contributed by atoms with E-state index in [1.807, 2.05) is 13.8 Å². The summed E-state index contributed by atoms with van der Waals surface area (Å²) in [5.41, 5.74) is -0.0278. The van der Waals surface area contributed by atoms with Crippen molar-refractivity contribution in [2.24, 2.45) is 11.3 Å². The highest BCUT2D eigenvalue weighted by molar-refractivity contribution is 5.86. The maximum atomic E-state index is 11.1. The van der Waals surface area contributed by atoms with Gasteiger partial charge in [0.2, 0.25) is 0 Å². The van der Waals surface area contributed by atoms with Crippen molar-refractivity contribution >= 4 is 5.78 Å². The quantitative estimate of drug-likeness (QED) is 0.485. The van der Waals surface area contributed by atoms with Crippen LogP contribution in [0.2, 0.25) is 0 Å². The van der Waals surface area contributed by atoms with Gasteiger partial charge in [-0.05, 0) is 12.3 Å². The summed E-state index contributed by atoms with van der Waals surface area (Å²) in [6.07, 6.45) is 1.89. The molecule has 0 aromatic rings. The van der Waals surface area contributed by atoms with E-state index in [4.69, 9.17) is 0 Å². The van der Waals surface area contributed by atoms with Gasteiger partial charge in [0, 0.05) is 11.8 Å². The summed E-state index contributed by atoms with van der Waals surface area (Å²) in [5.74, 6) is 1.03. The Bertz CT molecular complexity index is 136. The molecule has 0 aromatic carbocycles. The fourth-order valence-electron chi connectivity index (χ4n) is 1.31. The first-order chi connectivity index (χ1) is 4.05. The van der Waals surface area contributed by atoms with Crippen molar-refractivity contribution in [2.45, 2.75) is 33.6 Å². The van der Waals surface area contributed by atoms with Crippen molar-refractivity contribution in [3.63, 3.8) is 0 Å². The summed E-state index contributed by atoms with van der Waals surface area (Å²) in [6.45, 7) is 6.25. The molecule has 0 radical (unpaired) electrons. The molecule has 0 aromatic heterocycles. The van der Waals surface area contributed by atoms with Crippen molar-refractivity contribution in [1.29, 1.82) is 0 Å². The van der Waals surface area contributed by atoms with Gasteiger partial charge in [-0.25, -0.2) is 0 Å². The molecule has 1 atom stereocenters. The lowest BCUT2D eigenvalue weighted by Gasteiger charge is -2.20. The molecule has 1 heteroatoms. The highest BCUT2D eigenvalue weighted by Crippen LogP contribution is 2.38. The predicted octanol–water partition coefficient (Wildman–Crippen LogP) is 2.01. The molecule has 1 nitrogen and oxygen atoms in total. The Labute approximate surface area is 56.4 Å². The van der Waals surface area contributed by atoms with Crippen molar-refractivity contribution in [1.82, 2.24) is 0 Å². The SMILES string of the molecule is CC1CCC(=O)C1(C)C. The number of hydrogen-bond donors (Lipinski definition) is 0. The van der Waals surface area contributed by atoms with Crippen LogP contribution in [-0.4, -0.2) is 5.78 Å². The molecule has 0 bridgehead atoms. The van der Waals surface area contributed by atoms with Crippen LogP contribution in [-0.2, 0) is 4.79 Å². The fraction of sp³-hybridized carbons (Fsp3) is 0.875. The molecule has 0 amide bonds. The summed E-state index contributed by atoms with van der Waals surface area (Å²) in [5, 5.41) is 0. The van der Waals surface area contributed by atoms with Crippen molar-refractivity contribution in [3.8, 4) is 0 Å². The van der Waals surface area contributed by atoms with Gasteiger partial charge in [-0.2, -0.15) is 0 Å². The zero-order valence-corrected chi connectivity index (χ0v) is 6.40. The van der Waals surface area contributed by atoms with E-state index in [1.165, 1.54) is 0 Å². The topological polar surface area (TPSA) is 17.1 Å². The van der Waals surface area contributed by atoms with Gasteiger partial charge in [0.25, 0.3) is 0 Å². The first kappa shape index (κ1) is 6.79. The predicted molar refractivity (Wildman–Crippen MR) is 37.2 cm³/mol. The number of carbonyl (C=O) groups is 1. The Morgan fingerprint density at radius 2 is 2.11 bits per heavy atom. The van der Waals surface area contributed by atoms with Crippen LogP contribution < -0.4 is 0 Å². The van der Waals surface area contributed by atoms with Gasteiger partial charge in [-0.3, -0.25) is 4.79 Å². The van der Waals surface area contributed by atoms with E-state index in [-0.39, 0.29) is 5.41 Å². The molecule has 1 unspecified atom stereocenters. The van der Waals surface area contributed by atoms with Gasteiger partial charge in [-0.15, -0.1) is 0 Å². The van der Waals surface area contributed by atoms with Crippen LogP contribution >= 0.6 is 0 Å². The lowest BCUT2D eigenvalue weighted by Crippen LogP contribution is -2.22. The Hall–Kier alpha value is -0.330. The molecular formula is C8H14O. The van der Waals surface area contributed by atoms with E-state index < -0.39 is 0 Å². The minimum Gasteiger partial charge on any atom is -0.299 e. The van der Waals surface area contributed by atoms with Crippen molar-refractivity contribution in [3.05, 3.63) is 0 Å². The van der Waals surface area contributed by atoms with E-state index >= 15 is 0 Å². The zero-order chi connectivity index (χ0) is 7.07. The number of Topliss-reactive ketones (excluding diaryl/α,β-unsaturated/α-hetero) is 1. The van der Waals surface area contributed by atoms with Crippen LogP contribution in [0.4, 0.5) is 0 Å². The average molecular weight is 126 g/mol. The van der Waals surface area contributed by atoms with E-state index in [9.17, 15) is 4.79 Å². The number of carbonyl (C=O) groups excluding carboxylic acids is 1. The van der Waals surface area contributed by atoms with Crippen LogP contribution in [0.3, 0.4) is 0 Å². The number of ketones is 1. The van der Waals surface area contributed by atoms with Crippen LogP contribution in [0.1, 0.15) is 33.6 Å². The van der Waals surface area contributed by atoms with E-state index in [0.29, 0.717) is 11.7 Å². The molecule has 1 aliphatic carbocycles. The van der Waals surface area contributed by atoms with Gasteiger partial charge in [-0.1, -0.05) is 20.8 Å². The van der Waals surface area contributed by atoms with Crippen molar-refractivity contribution in [2.75, 3.05) is 0 Å². The Balaban J connectivity index is 2.78. The van der Waals surface area contributed by atoms with Gasteiger partial charge in [0.15, 0.2) is 0 Å². The Morgan fingerprint density at radius 1 is 1.56 bits per heavy atom. The number of hydrogen-bond acceptors (Lipinski definition) is 1. The van der Waals surface area contributed by atoms with Gasteiger partial charge >= 0.3 is 0 Å². The first-order valence-electron chi connectivity index (χ1n) is 3.58. The molecule has 0 saturated heterocycles. The Kier molecular flexibility index (Phi) is 1.38. The van der Waals surface area contributed by atoms with Crippen LogP contribution in [0.15, 0.2) is 0 Å². The second-order valence-electron chi connectivity index (χ2n) is 3.58. The highest BCUT2D eigenvalue weighted by atomic mass is 16.1. The third-order valence-corrected chi connectivity index (χ3v) is 2.76. The smallest absolute Gasteiger partial charge is 0.138 e. The normalized spacial score (nSPS) is 33.2. The molecule has 1 aliphatic rings. The second-order valence-corrected chi connectivity index (χ2v) is 3.58. The third-order valence-electron chi connectivity index (χ3n) is 2.76. The maximum Gasteiger partial charge on any atom is 0.138 e. The molecule has 9 heavy (non-hydrogen) atoms. The number of rotatable bonds is 0. The standard InChI is InChI=1S/C8H14O/c1-6-4-5-7(9)8(6,2)3/h6H,4-5H2,1-3H3. The van der Waals surface area contributed by atoms with E-state index in [2.05, 4.69) is 6.92 Å². The molecule has 1 rings (SSSR count). The van der Waals surface area contributed by atoms with E-state index in [0.717, 1.165) is 12.8 Å². The van der Waals surface area contributed by atoms with Gasteiger partial charge < -0.3 is 0 Å². The zero-order valence-electron chi connectivity index (χ0n) is 6.40. The molecule has 0 aliphatic heterocycles. The molecule has 52 valence electrons. The Morgan fingerprint density at radius 3 is 2.22 bits per heavy atom. The molecule has 1 saturated carbocycles. The van der Waals surface area contributed by atoms with Crippen LogP contribution in [0.25, 0.3) is 0 Å². The van der Waals surface area contributed by atoms with Gasteiger partial charge in [0.05, 0.1) is 0 Å². The summed E-state index contributed by atoms with van der Waals surface area (Å²) in [6, 6.07) is 0. The van der Waals surface area contributed by atoms with E-state index in [1.54, 1.807) is 0 Å². The third kappa shape index (κ3) is 0.887. The summed E-state index contributed by atoms with van der Waals surface area (Å²) in [7, 11) is 0. The van der Waals surface area contributed by atoms with Crippen LogP contribution in [0.5, 0.6) is 0 Å². The van der Waals surface area contributed by atoms with Crippen LogP contribution in [0, 0.1) is 11.3 Å². The minimum absolute atomic E-state index is 0.0278. The molecule has 0 spiro atoms. The average Bonchev–Trinajstić information content (AvgIpc) is 1.96. The maximum absolute atomic E-state index is 11.1. The first-order valence-corrected chi connectivity index (χ1v) is 3.58.